The van der Waals surface area contributed by atoms with Crippen molar-refractivity contribution < 1.29 is 23.1 Å². The first kappa shape index (κ1) is 28.2. The fourth-order valence-electron chi connectivity index (χ4n) is 5.21. The molecule has 5 unspecified atom stereocenters. The molecule has 210 valence electrons. The molecule has 0 aromatic carbocycles. The molecule has 3 fully saturated rings. The fraction of sp³-hybridized carbons (Fsp3) is 0.696. The number of aromatic nitrogens is 1. The van der Waals surface area contributed by atoms with Gasteiger partial charge >= 0.3 is 0 Å². The zero-order chi connectivity index (χ0) is 27.4. The predicted molar refractivity (Wildman–Crippen MR) is 135 cm³/mol. The van der Waals surface area contributed by atoms with Gasteiger partial charge in [-0.2, -0.15) is 0 Å². The number of carbonyl (C=O) groups excluding carboxylic acids is 2. The van der Waals surface area contributed by atoms with Crippen LogP contribution in [0.5, 0.6) is 0 Å². The number of rotatable bonds is 7. The summed E-state index contributed by atoms with van der Waals surface area (Å²) in [6.07, 6.45) is -0.959. The lowest BCUT2D eigenvalue weighted by Crippen LogP contribution is -2.62. The van der Waals surface area contributed by atoms with Crippen molar-refractivity contribution in [1.29, 1.82) is 0 Å². The van der Waals surface area contributed by atoms with Gasteiger partial charge < -0.3 is 25.6 Å². The van der Waals surface area contributed by atoms with Gasteiger partial charge in [0, 0.05) is 45.8 Å². The number of halogens is 2. The van der Waals surface area contributed by atoms with E-state index >= 15 is 4.39 Å². The Balaban J connectivity index is 1.47. The number of nitrogens with one attached hydrogen (secondary N) is 2. The van der Waals surface area contributed by atoms with Crippen molar-refractivity contribution in [2.75, 3.05) is 83.3 Å². The molecular weight excluding hydrogens is 504 g/mol. The minimum Gasteiger partial charge on any atom is -0.378 e. The van der Waals surface area contributed by atoms with Crippen LogP contribution in [0.25, 0.3) is 0 Å². The van der Waals surface area contributed by atoms with Crippen molar-refractivity contribution in [2.24, 2.45) is 16.8 Å². The Morgan fingerprint density at radius 3 is 2.61 bits per heavy atom. The lowest BCUT2D eigenvalue weighted by Gasteiger charge is -2.41. The number of likely N-dealkylation sites (N-methyl/N-ethyl adjacent to an activating group) is 1. The van der Waals surface area contributed by atoms with Gasteiger partial charge in [-0.3, -0.25) is 29.7 Å². The number of nitrogens with zero attached hydrogens (tertiary/aromatic N) is 6. The summed E-state index contributed by atoms with van der Waals surface area (Å²) < 4.78 is 34.3. The molecule has 3 aliphatic heterocycles. The molecule has 0 saturated carbocycles. The topological polar surface area (TPSA) is 149 Å². The summed E-state index contributed by atoms with van der Waals surface area (Å²) in [5, 5.41) is 8.39. The Morgan fingerprint density at radius 2 is 1.95 bits per heavy atom. The van der Waals surface area contributed by atoms with Gasteiger partial charge in [0.05, 0.1) is 37.5 Å². The molecule has 15 heteroatoms. The van der Waals surface area contributed by atoms with E-state index in [4.69, 9.17) is 10.5 Å². The normalized spacial score (nSPS) is 27.0. The number of amides is 2. The van der Waals surface area contributed by atoms with E-state index < -0.39 is 36.1 Å². The quantitative estimate of drug-likeness (QED) is 0.369. The Morgan fingerprint density at radius 1 is 1.21 bits per heavy atom. The van der Waals surface area contributed by atoms with Crippen molar-refractivity contribution in [2.45, 2.75) is 24.5 Å². The number of piperazine rings is 1. The minimum atomic E-state index is -1.42. The second-order valence-corrected chi connectivity index (χ2v) is 9.90. The van der Waals surface area contributed by atoms with Crippen LogP contribution >= 0.6 is 0 Å². The largest absolute Gasteiger partial charge is 0.378 e. The number of pyridine rings is 1. The highest BCUT2D eigenvalue weighted by atomic mass is 19.1. The molecule has 3 saturated heterocycles. The fourth-order valence-corrected chi connectivity index (χ4v) is 5.21. The third kappa shape index (κ3) is 6.07. The second kappa shape index (κ2) is 12.3. The van der Waals surface area contributed by atoms with Crippen LogP contribution in [0.15, 0.2) is 17.6 Å². The van der Waals surface area contributed by atoms with Gasteiger partial charge in [-0.1, -0.05) is 5.18 Å². The van der Waals surface area contributed by atoms with E-state index in [1.54, 1.807) is 21.7 Å². The first-order valence-corrected chi connectivity index (χ1v) is 12.6. The number of carbonyl (C=O) groups is 2. The number of hydrogen-bond donors (Lipinski definition) is 3. The van der Waals surface area contributed by atoms with Gasteiger partial charge in [-0.15, -0.1) is 4.91 Å². The molecule has 1 aromatic rings. The smallest absolute Gasteiger partial charge is 0.242 e. The number of nitrogens with two attached hydrogens (primary N) is 1. The van der Waals surface area contributed by atoms with E-state index in [0.717, 1.165) is 6.20 Å². The minimum absolute atomic E-state index is 0.0110. The molecule has 0 aliphatic carbocycles. The maximum Gasteiger partial charge on any atom is 0.242 e. The lowest BCUT2D eigenvalue weighted by molar-refractivity contribution is -0.142. The van der Waals surface area contributed by atoms with Gasteiger partial charge in [-0.25, -0.2) is 8.78 Å². The summed E-state index contributed by atoms with van der Waals surface area (Å²) >= 11 is 0. The summed E-state index contributed by atoms with van der Waals surface area (Å²) in [6, 6.07) is -0.352. The van der Waals surface area contributed by atoms with Crippen LogP contribution < -0.4 is 21.3 Å². The van der Waals surface area contributed by atoms with E-state index in [-0.39, 0.29) is 36.4 Å². The van der Waals surface area contributed by atoms with Crippen molar-refractivity contribution in [3.8, 4) is 0 Å². The van der Waals surface area contributed by atoms with Crippen LogP contribution in [0.4, 0.5) is 20.2 Å². The number of nitroso groups, excluding NO2 is 1. The van der Waals surface area contributed by atoms with Crippen LogP contribution in [-0.2, 0) is 14.3 Å². The molecule has 13 nitrogen and oxygen atoms in total. The van der Waals surface area contributed by atoms with Gasteiger partial charge in [-0.05, 0) is 14.1 Å². The third-order valence-corrected chi connectivity index (χ3v) is 7.36. The van der Waals surface area contributed by atoms with Crippen molar-refractivity contribution >= 4 is 23.2 Å². The summed E-state index contributed by atoms with van der Waals surface area (Å²) in [5.41, 5.74) is 6.10. The molecule has 0 bridgehead atoms. The Bertz CT molecular complexity index is 1010. The third-order valence-electron chi connectivity index (χ3n) is 7.36. The highest BCUT2D eigenvalue weighted by Crippen LogP contribution is 2.30. The van der Waals surface area contributed by atoms with Crippen LogP contribution in [0.3, 0.4) is 0 Å². The van der Waals surface area contributed by atoms with E-state index in [1.807, 2.05) is 11.9 Å². The molecule has 4 N–H and O–H groups in total. The molecule has 3 aliphatic rings. The van der Waals surface area contributed by atoms with Crippen LogP contribution in [0, 0.1) is 16.6 Å². The summed E-state index contributed by atoms with van der Waals surface area (Å²) in [6.45, 7) is 3.01. The van der Waals surface area contributed by atoms with Gasteiger partial charge in [0.1, 0.15) is 23.8 Å². The van der Waals surface area contributed by atoms with Gasteiger partial charge in [0.2, 0.25) is 11.8 Å². The van der Waals surface area contributed by atoms with E-state index in [1.165, 1.54) is 6.20 Å². The van der Waals surface area contributed by atoms with Crippen LogP contribution in [0.2, 0.25) is 0 Å². The highest BCUT2D eigenvalue weighted by molar-refractivity contribution is 5.96. The summed E-state index contributed by atoms with van der Waals surface area (Å²) in [4.78, 5) is 48.5. The van der Waals surface area contributed by atoms with Crippen molar-refractivity contribution in [3.05, 3.63) is 23.1 Å². The Kier molecular flexibility index (Phi) is 9.15. The maximum absolute atomic E-state index is 15.1. The first-order chi connectivity index (χ1) is 18.2. The highest BCUT2D eigenvalue weighted by Gasteiger charge is 2.40. The monoisotopic (exact) mass is 539 g/mol. The molecule has 4 rings (SSSR count). The molecule has 2 amide bonds. The van der Waals surface area contributed by atoms with Gasteiger partial charge in [0.25, 0.3) is 0 Å². The Hall–Kier alpha value is -2.85. The van der Waals surface area contributed by atoms with Gasteiger partial charge in [0.15, 0.2) is 12.0 Å². The molecule has 0 spiro atoms. The van der Waals surface area contributed by atoms with E-state index in [0.29, 0.717) is 45.9 Å². The Labute approximate surface area is 219 Å². The molecule has 38 heavy (non-hydrogen) atoms. The maximum atomic E-state index is 15.1. The van der Waals surface area contributed by atoms with Crippen molar-refractivity contribution in [1.82, 2.24) is 25.0 Å². The molecule has 0 radical (unpaired) electrons. The summed E-state index contributed by atoms with van der Waals surface area (Å²) in [7, 11) is 3.49. The first-order valence-electron chi connectivity index (χ1n) is 12.6. The predicted octanol–water partition coefficient (Wildman–Crippen LogP) is -0.995. The molecule has 4 heterocycles. The number of alkyl halides is 1. The SMILES string of the molecule is CN1CCOCC1C(=O)N1CCN(c2c(F)cncc2NC(=O)C(C(N)N=O)C2NCC(F)CN2C)CC1. The number of morpholine rings is 1. The molecular formula is C23H35F2N9O4. The van der Waals surface area contributed by atoms with Crippen LogP contribution in [-0.4, -0.2) is 129 Å². The van der Waals surface area contributed by atoms with E-state index in [2.05, 4.69) is 20.8 Å². The number of hydrogen-bond acceptors (Lipinski definition) is 11. The summed E-state index contributed by atoms with van der Waals surface area (Å²) in [5.74, 6) is -2.54. The van der Waals surface area contributed by atoms with E-state index in [9.17, 15) is 18.9 Å². The zero-order valence-corrected chi connectivity index (χ0v) is 21.6. The second-order valence-electron chi connectivity index (χ2n) is 9.90. The lowest BCUT2D eigenvalue weighted by atomic mass is 9.98. The average Bonchev–Trinajstić information content (AvgIpc) is 2.90. The zero-order valence-electron chi connectivity index (χ0n) is 21.6. The standard InChI is InChI=1S/C23H35F2N9O4/c1-31-7-8-38-13-17(31)23(36)34-5-3-33(4-6-34)19-15(25)10-27-11-16(19)29-22(35)18(20(26)30-37)21-28-9-14(24)12-32(21)2/h10-11,14,17-18,20-21,28H,3-9,12-13,26H2,1-2H3,(H,29,35). The van der Waals surface area contributed by atoms with Crippen molar-refractivity contribution in [3.63, 3.8) is 0 Å². The molecule has 5 atom stereocenters. The average molecular weight is 540 g/mol. The molecule has 1 aromatic heterocycles. The number of anilines is 2. The van der Waals surface area contributed by atoms with Crippen LogP contribution in [0.1, 0.15) is 0 Å². The number of ether oxygens (including phenoxy) is 1.